The molecule has 0 bridgehead atoms. The van der Waals surface area contributed by atoms with E-state index in [1.807, 2.05) is 45.0 Å². The van der Waals surface area contributed by atoms with E-state index in [1.165, 1.54) is 0 Å². The van der Waals surface area contributed by atoms with Crippen LogP contribution in [-0.4, -0.2) is 18.6 Å². The Hall–Kier alpha value is -1.51. The number of rotatable bonds is 3. The van der Waals surface area contributed by atoms with Crippen molar-refractivity contribution in [2.24, 2.45) is 0 Å². The van der Waals surface area contributed by atoms with Crippen molar-refractivity contribution >= 4 is 5.91 Å². The minimum Gasteiger partial charge on any atom is -0.496 e. The first-order valence-corrected chi connectivity index (χ1v) is 6.35. The molecule has 1 aromatic carbocycles. The summed E-state index contributed by atoms with van der Waals surface area (Å²) < 4.78 is 5.37. The number of hydrogen-bond acceptors (Lipinski definition) is 2. The highest BCUT2D eigenvalue weighted by molar-refractivity contribution is 5.92. The summed E-state index contributed by atoms with van der Waals surface area (Å²) in [5.41, 5.74) is 0.434. The lowest BCUT2D eigenvalue weighted by atomic mass is 9.92. The molecule has 0 aliphatic heterocycles. The summed E-state index contributed by atoms with van der Waals surface area (Å²) in [5.74, 6) is 0.915. The van der Waals surface area contributed by atoms with Crippen LogP contribution in [0.5, 0.6) is 5.75 Å². The normalized spacial score (nSPS) is 17.1. The average molecular weight is 247 g/mol. The van der Waals surface area contributed by atoms with Crippen LogP contribution in [0.15, 0.2) is 24.3 Å². The molecule has 98 valence electrons. The summed E-state index contributed by atoms with van der Waals surface area (Å²) in [7, 11) is 1.65. The van der Waals surface area contributed by atoms with Gasteiger partial charge in [-0.2, -0.15) is 0 Å². The molecular weight excluding hydrogens is 226 g/mol. The van der Waals surface area contributed by atoms with Gasteiger partial charge in [0.15, 0.2) is 0 Å². The lowest BCUT2D eigenvalue weighted by Gasteiger charge is -2.25. The fourth-order valence-electron chi connectivity index (χ4n) is 2.24. The van der Waals surface area contributed by atoms with Gasteiger partial charge < -0.3 is 10.1 Å². The molecule has 0 aromatic heterocycles. The Morgan fingerprint density at radius 3 is 2.39 bits per heavy atom. The molecule has 1 aromatic rings. The molecule has 3 heteroatoms. The number of benzene rings is 1. The minimum absolute atomic E-state index is 0.111. The second-order valence-corrected chi connectivity index (χ2v) is 5.99. The molecule has 0 atom stereocenters. The van der Waals surface area contributed by atoms with Crippen LogP contribution in [0.1, 0.15) is 39.2 Å². The average Bonchev–Trinajstić information content (AvgIpc) is 3.08. The van der Waals surface area contributed by atoms with Crippen LogP contribution < -0.4 is 10.1 Å². The SMILES string of the molecule is COc1ccccc1C1(C(=O)NC(C)(C)C)CC1. The molecule has 1 aliphatic carbocycles. The Balaban J connectivity index is 2.29. The molecule has 2 rings (SSSR count). The fourth-order valence-corrected chi connectivity index (χ4v) is 2.24. The predicted molar refractivity (Wildman–Crippen MR) is 71.8 cm³/mol. The third-order valence-corrected chi connectivity index (χ3v) is 3.30. The lowest BCUT2D eigenvalue weighted by molar-refractivity contribution is -0.125. The largest absolute Gasteiger partial charge is 0.496 e. The highest BCUT2D eigenvalue weighted by atomic mass is 16.5. The molecule has 0 radical (unpaired) electrons. The quantitative estimate of drug-likeness (QED) is 0.891. The van der Waals surface area contributed by atoms with Gasteiger partial charge in [-0.3, -0.25) is 4.79 Å². The Kier molecular flexibility index (Phi) is 3.09. The standard InChI is InChI=1S/C15H21NO2/c1-14(2,3)16-13(17)15(9-10-15)11-7-5-6-8-12(11)18-4/h5-8H,9-10H2,1-4H3,(H,16,17). The number of amides is 1. The van der Waals surface area contributed by atoms with E-state index in [2.05, 4.69) is 5.32 Å². The van der Waals surface area contributed by atoms with Crippen LogP contribution in [0.2, 0.25) is 0 Å². The van der Waals surface area contributed by atoms with Crippen LogP contribution >= 0.6 is 0 Å². The number of hydrogen-bond donors (Lipinski definition) is 1. The molecule has 1 aliphatic rings. The highest BCUT2D eigenvalue weighted by Gasteiger charge is 2.53. The summed E-state index contributed by atoms with van der Waals surface area (Å²) in [4.78, 5) is 12.4. The van der Waals surface area contributed by atoms with E-state index in [0.29, 0.717) is 0 Å². The molecule has 1 N–H and O–H groups in total. The van der Waals surface area contributed by atoms with Crippen LogP contribution in [0.4, 0.5) is 0 Å². The zero-order valence-electron chi connectivity index (χ0n) is 11.5. The number of para-hydroxylation sites is 1. The monoisotopic (exact) mass is 247 g/mol. The second kappa shape index (κ2) is 4.30. The number of nitrogens with one attached hydrogen (secondary N) is 1. The third kappa shape index (κ3) is 2.35. The molecule has 0 spiro atoms. The van der Waals surface area contributed by atoms with Crippen molar-refractivity contribution < 1.29 is 9.53 Å². The fraction of sp³-hybridized carbons (Fsp3) is 0.533. The van der Waals surface area contributed by atoms with Gasteiger partial charge in [0.1, 0.15) is 5.75 Å². The molecule has 1 saturated carbocycles. The van der Waals surface area contributed by atoms with Gasteiger partial charge in [-0.25, -0.2) is 0 Å². The zero-order chi connectivity index (χ0) is 13.4. The Bertz CT molecular complexity index is 456. The molecule has 18 heavy (non-hydrogen) atoms. The van der Waals surface area contributed by atoms with Gasteiger partial charge in [0.05, 0.1) is 12.5 Å². The smallest absolute Gasteiger partial charge is 0.231 e. The van der Waals surface area contributed by atoms with E-state index in [9.17, 15) is 4.79 Å². The lowest BCUT2D eigenvalue weighted by Crippen LogP contribution is -2.46. The summed E-state index contributed by atoms with van der Waals surface area (Å²) in [6.07, 6.45) is 1.80. The van der Waals surface area contributed by atoms with Gasteiger partial charge in [0.2, 0.25) is 5.91 Å². The van der Waals surface area contributed by atoms with Crippen molar-refractivity contribution in [1.29, 1.82) is 0 Å². The summed E-state index contributed by atoms with van der Waals surface area (Å²) in [6, 6.07) is 7.80. The maximum absolute atomic E-state index is 12.4. The van der Waals surface area contributed by atoms with Crippen LogP contribution in [-0.2, 0) is 10.2 Å². The predicted octanol–water partition coefficient (Wildman–Crippen LogP) is 2.64. The van der Waals surface area contributed by atoms with Crippen LogP contribution in [0.25, 0.3) is 0 Å². The Morgan fingerprint density at radius 2 is 1.89 bits per heavy atom. The Labute approximate surface area is 109 Å². The molecule has 0 heterocycles. The van der Waals surface area contributed by atoms with E-state index >= 15 is 0 Å². The Morgan fingerprint density at radius 1 is 1.28 bits per heavy atom. The third-order valence-electron chi connectivity index (χ3n) is 3.30. The van der Waals surface area contributed by atoms with Crippen molar-refractivity contribution in [3.63, 3.8) is 0 Å². The second-order valence-electron chi connectivity index (χ2n) is 5.99. The molecule has 0 unspecified atom stereocenters. The minimum atomic E-state index is -0.375. The first-order chi connectivity index (χ1) is 8.39. The van der Waals surface area contributed by atoms with Crippen molar-refractivity contribution in [3.05, 3.63) is 29.8 Å². The van der Waals surface area contributed by atoms with Crippen LogP contribution in [0.3, 0.4) is 0 Å². The van der Waals surface area contributed by atoms with Gasteiger partial charge in [-0.15, -0.1) is 0 Å². The topological polar surface area (TPSA) is 38.3 Å². The molecular formula is C15H21NO2. The van der Waals surface area contributed by atoms with Gasteiger partial charge in [-0.05, 0) is 39.7 Å². The van der Waals surface area contributed by atoms with E-state index in [-0.39, 0.29) is 16.9 Å². The number of methoxy groups -OCH3 is 1. The maximum Gasteiger partial charge on any atom is 0.231 e. The molecule has 1 fully saturated rings. The van der Waals surface area contributed by atoms with Gasteiger partial charge in [0, 0.05) is 11.1 Å². The number of carbonyl (C=O) groups is 1. The van der Waals surface area contributed by atoms with Gasteiger partial charge in [0.25, 0.3) is 0 Å². The number of carbonyl (C=O) groups excluding carboxylic acids is 1. The van der Waals surface area contributed by atoms with Crippen LogP contribution in [0, 0.1) is 0 Å². The molecule has 0 saturated heterocycles. The van der Waals surface area contributed by atoms with E-state index < -0.39 is 0 Å². The summed E-state index contributed by atoms with van der Waals surface area (Å²) in [6.45, 7) is 6.01. The van der Waals surface area contributed by atoms with E-state index in [4.69, 9.17) is 4.74 Å². The highest BCUT2D eigenvalue weighted by Crippen LogP contribution is 2.51. The van der Waals surface area contributed by atoms with E-state index in [1.54, 1.807) is 7.11 Å². The van der Waals surface area contributed by atoms with Gasteiger partial charge >= 0.3 is 0 Å². The van der Waals surface area contributed by atoms with Crippen molar-refractivity contribution in [2.75, 3.05) is 7.11 Å². The first-order valence-electron chi connectivity index (χ1n) is 6.35. The zero-order valence-corrected chi connectivity index (χ0v) is 11.5. The van der Waals surface area contributed by atoms with Gasteiger partial charge in [-0.1, -0.05) is 18.2 Å². The van der Waals surface area contributed by atoms with Crippen molar-refractivity contribution in [2.45, 2.75) is 44.6 Å². The van der Waals surface area contributed by atoms with E-state index in [0.717, 1.165) is 24.2 Å². The number of ether oxygens (including phenoxy) is 1. The summed E-state index contributed by atoms with van der Waals surface area (Å²) in [5, 5.41) is 3.08. The maximum atomic E-state index is 12.4. The molecule has 3 nitrogen and oxygen atoms in total. The molecule has 1 amide bonds. The summed E-state index contributed by atoms with van der Waals surface area (Å²) >= 11 is 0. The van der Waals surface area contributed by atoms with Crippen molar-refractivity contribution in [3.8, 4) is 5.75 Å². The van der Waals surface area contributed by atoms with Crippen molar-refractivity contribution in [1.82, 2.24) is 5.32 Å². The first kappa shape index (κ1) is 12.9.